The van der Waals surface area contributed by atoms with Gasteiger partial charge in [-0.3, -0.25) is 9.36 Å². The molecule has 1 rings (SSSR count). The Morgan fingerprint density at radius 3 is 2.67 bits per heavy atom. The summed E-state index contributed by atoms with van der Waals surface area (Å²) in [7, 11) is -3.24. The molecule has 0 saturated heterocycles. The summed E-state index contributed by atoms with van der Waals surface area (Å²) in [4.78, 5) is 23.4. The molecule has 1 saturated carbocycles. The maximum atomic E-state index is 12.2. The molecule has 0 heterocycles. The zero-order valence-corrected chi connectivity index (χ0v) is 13.7. The predicted molar refractivity (Wildman–Crippen MR) is 76.6 cm³/mol. The van der Waals surface area contributed by atoms with Gasteiger partial charge in [-0.2, -0.15) is 0 Å². The van der Waals surface area contributed by atoms with E-state index in [-0.39, 0.29) is 24.2 Å². The summed E-state index contributed by atoms with van der Waals surface area (Å²) in [5, 5.41) is 9.73. The maximum Gasteiger partial charge on any atom is 0.267 e. The highest BCUT2D eigenvalue weighted by atomic mass is 31.2. The third-order valence-electron chi connectivity index (χ3n) is 4.03. The van der Waals surface area contributed by atoms with Crippen LogP contribution >= 0.6 is 7.82 Å². The molecule has 1 fully saturated rings. The Morgan fingerprint density at radius 2 is 2.05 bits per heavy atom. The van der Waals surface area contributed by atoms with Gasteiger partial charge in [-0.15, -0.1) is 0 Å². The van der Waals surface area contributed by atoms with E-state index < -0.39 is 13.9 Å². The van der Waals surface area contributed by atoms with Crippen LogP contribution in [0.25, 0.3) is 0 Å². The minimum Gasteiger partial charge on any atom is -0.756 e. The van der Waals surface area contributed by atoms with E-state index in [0.29, 0.717) is 19.3 Å². The molecule has 7 heteroatoms. The van der Waals surface area contributed by atoms with Crippen LogP contribution in [0.2, 0.25) is 0 Å². The van der Waals surface area contributed by atoms with Gasteiger partial charge in [-0.1, -0.05) is 26.2 Å². The van der Waals surface area contributed by atoms with Gasteiger partial charge in [0.2, 0.25) is 0 Å². The van der Waals surface area contributed by atoms with E-state index in [1.54, 1.807) is 0 Å². The quantitative estimate of drug-likeness (QED) is 0.488. The third-order valence-corrected chi connectivity index (χ3v) is 4.94. The van der Waals surface area contributed by atoms with Crippen molar-refractivity contribution in [1.29, 1.82) is 0 Å². The van der Waals surface area contributed by atoms with Crippen molar-refractivity contribution in [3.05, 3.63) is 0 Å². The van der Waals surface area contributed by atoms with Crippen LogP contribution < -0.4 is 4.89 Å². The van der Waals surface area contributed by atoms with Gasteiger partial charge in [0.25, 0.3) is 7.82 Å². The molecule has 0 spiro atoms. The van der Waals surface area contributed by atoms with Crippen LogP contribution in [0.5, 0.6) is 0 Å². The average Bonchev–Trinajstić information content (AvgIpc) is 2.82. The summed E-state index contributed by atoms with van der Waals surface area (Å²) in [6.07, 6.45) is 4.84. The molecule has 6 nitrogen and oxygen atoms in total. The van der Waals surface area contributed by atoms with Gasteiger partial charge in [-0.25, -0.2) is 0 Å². The SMILES string of the molecule is CCCCCCC(=O)C1C[C@H](O)CC1COP(=O)([O-])OC. The third kappa shape index (κ3) is 6.57. The number of carbonyl (C=O) groups is 1. The second-order valence-electron chi connectivity index (χ2n) is 5.69. The predicted octanol–water partition coefficient (Wildman–Crippen LogP) is 2.04. The Kier molecular flexibility index (Phi) is 8.06. The van der Waals surface area contributed by atoms with Gasteiger partial charge in [0.15, 0.2) is 0 Å². The average molecular weight is 321 g/mol. The fourth-order valence-electron chi connectivity index (χ4n) is 2.83. The number of hydrogen-bond donors (Lipinski definition) is 1. The van der Waals surface area contributed by atoms with E-state index in [9.17, 15) is 19.4 Å². The molecular formula is C14H26O6P-. The molecule has 3 unspecified atom stereocenters. The fourth-order valence-corrected chi connectivity index (χ4v) is 3.30. The standard InChI is InChI=1S/C14H27O6P/c1-3-4-5-6-7-14(16)13-9-12(15)8-11(13)10-20-21(17,18)19-2/h11-13,15H,3-10H2,1-2H3,(H,17,18)/p-1/t11?,12-,13?/m1/s1. The summed E-state index contributed by atoms with van der Waals surface area (Å²) in [5.74, 6) is -0.455. The first kappa shape index (κ1) is 18.8. The number of phosphoric ester groups is 1. The molecule has 0 bridgehead atoms. The molecule has 0 radical (unpaired) electrons. The van der Waals surface area contributed by atoms with Gasteiger partial charge in [0.05, 0.1) is 12.7 Å². The van der Waals surface area contributed by atoms with E-state index in [1.807, 2.05) is 0 Å². The van der Waals surface area contributed by atoms with Crippen LogP contribution in [0, 0.1) is 11.8 Å². The van der Waals surface area contributed by atoms with Gasteiger partial charge < -0.3 is 19.0 Å². The zero-order chi connectivity index (χ0) is 15.9. The highest BCUT2D eigenvalue weighted by molar-refractivity contribution is 7.45. The molecular weight excluding hydrogens is 295 g/mol. The van der Waals surface area contributed by atoms with Crippen molar-refractivity contribution in [3.63, 3.8) is 0 Å². The van der Waals surface area contributed by atoms with E-state index in [4.69, 9.17) is 4.52 Å². The topological polar surface area (TPSA) is 95.9 Å². The summed E-state index contributed by atoms with van der Waals surface area (Å²) < 4.78 is 20.2. The minimum atomic E-state index is -4.28. The van der Waals surface area contributed by atoms with Crippen molar-refractivity contribution < 1.29 is 28.4 Å². The Morgan fingerprint density at radius 1 is 1.33 bits per heavy atom. The van der Waals surface area contributed by atoms with Crippen molar-refractivity contribution in [2.45, 2.75) is 58.0 Å². The molecule has 0 aromatic heterocycles. The number of unbranched alkanes of at least 4 members (excludes halogenated alkanes) is 3. The number of aliphatic hydroxyl groups excluding tert-OH is 1. The molecule has 1 aliphatic rings. The first-order valence-electron chi connectivity index (χ1n) is 7.61. The summed E-state index contributed by atoms with van der Waals surface area (Å²) in [6, 6.07) is 0. The van der Waals surface area contributed by atoms with E-state index in [2.05, 4.69) is 11.4 Å². The number of Topliss-reactive ketones (excluding diaryl/α,β-unsaturated/α-hetero) is 1. The van der Waals surface area contributed by atoms with Gasteiger partial charge in [0, 0.05) is 19.4 Å². The van der Waals surface area contributed by atoms with Gasteiger partial charge in [-0.05, 0) is 25.2 Å². The normalized spacial score (nSPS) is 28.5. The fraction of sp³-hybridized carbons (Fsp3) is 0.929. The van der Waals surface area contributed by atoms with Crippen LogP contribution in [-0.2, 0) is 18.4 Å². The van der Waals surface area contributed by atoms with Crippen LogP contribution in [0.4, 0.5) is 0 Å². The summed E-state index contributed by atoms with van der Waals surface area (Å²) in [6.45, 7) is 2.01. The number of rotatable bonds is 10. The highest BCUT2D eigenvalue weighted by Gasteiger charge is 2.37. The Labute approximate surface area is 126 Å². The molecule has 0 aromatic rings. The first-order valence-corrected chi connectivity index (χ1v) is 9.07. The molecule has 0 aliphatic heterocycles. The van der Waals surface area contributed by atoms with E-state index in [1.165, 1.54) is 0 Å². The molecule has 4 atom stereocenters. The number of aliphatic hydroxyl groups is 1. The molecule has 124 valence electrons. The van der Waals surface area contributed by atoms with Crippen LogP contribution in [-0.4, -0.2) is 30.7 Å². The largest absolute Gasteiger partial charge is 0.756 e. The van der Waals surface area contributed by atoms with Gasteiger partial charge >= 0.3 is 0 Å². The van der Waals surface area contributed by atoms with Gasteiger partial charge in [0.1, 0.15) is 5.78 Å². The molecule has 0 aromatic carbocycles. The number of carbonyl (C=O) groups excluding carboxylic acids is 1. The van der Waals surface area contributed by atoms with E-state index in [0.717, 1.165) is 32.8 Å². The van der Waals surface area contributed by atoms with Crippen molar-refractivity contribution in [2.24, 2.45) is 11.8 Å². The summed E-state index contributed by atoms with van der Waals surface area (Å²) in [5.41, 5.74) is 0. The van der Waals surface area contributed by atoms with E-state index >= 15 is 0 Å². The minimum absolute atomic E-state index is 0.100. The number of hydrogen-bond acceptors (Lipinski definition) is 6. The monoisotopic (exact) mass is 321 g/mol. The van der Waals surface area contributed by atoms with Crippen molar-refractivity contribution >= 4 is 13.6 Å². The smallest absolute Gasteiger partial charge is 0.267 e. The van der Waals surface area contributed by atoms with Crippen LogP contribution in [0.3, 0.4) is 0 Å². The first-order chi connectivity index (χ1) is 9.89. The van der Waals surface area contributed by atoms with Crippen molar-refractivity contribution in [3.8, 4) is 0 Å². The number of ketones is 1. The van der Waals surface area contributed by atoms with Crippen molar-refractivity contribution in [2.75, 3.05) is 13.7 Å². The molecule has 1 N–H and O–H groups in total. The lowest BCUT2D eigenvalue weighted by Gasteiger charge is -2.24. The lowest BCUT2D eigenvalue weighted by atomic mass is 9.90. The maximum absolute atomic E-state index is 12.2. The lowest BCUT2D eigenvalue weighted by molar-refractivity contribution is -0.224. The molecule has 1 aliphatic carbocycles. The second-order valence-corrected chi connectivity index (χ2v) is 7.21. The Balaban J connectivity index is 2.46. The van der Waals surface area contributed by atoms with Crippen LogP contribution in [0.1, 0.15) is 51.9 Å². The molecule has 0 amide bonds. The second kappa shape index (κ2) is 9.01. The highest BCUT2D eigenvalue weighted by Crippen LogP contribution is 2.41. The van der Waals surface area contributed by atoms with Crippen molar-refractivity contribution in [1.82, 2.24) is 0 Å². The Hall–Kier alpha value is -0.260. The molecule has 21 heavy (non-hydrogen) atoms. The number of phosphoric acid groups is 1. The zero-order valence-electron chi connectivity index (χ0n) is 12.8. The van der Waals surface area contributed by atoms with Crippen LogP contribution in [0.15, 0.2) is 0 Å². The lowest BCUT2D eigenvalue weighted by Crippen LogP contribution is -2.23. The summed E-state index contributed by atoms with van der Waals surface area (Å²) >= 11 is 0. The Bertz CT molecular complexity index is 372.